The molecule has 1 aliphatic rings. The highest BCUT2D eigenvalue weighted by Crippen LogP contribution is 2.23. The van der Waals surface area contributed by atoms with Gasteiger partial charge in [0.15, 0.2) is 6.29 Å². The Bertz CT molecular complexity index is 1100. The van der Waals surface area contributed by atoms with E-state index in [0.29, 0.717) is 19.3 Å². The number of nitrogens with one attached hydrogen (secondary N) is 1. The molecule has 0 aromatic rings. The lowest BCUT2D eigenvalue weighted by molar-refractivity contribution is -0.303. The second kappa shape index (κ2) is 40.8. The monoisotopic (exact) mass is 882 g/mol. The summed E-state index contributed by atoms with van der Waals surface area (Å²) in [5.41, 5.74) is 0. The molecule has 11 nitrogen and oxygen atoms in total. The number of hydrogen-bond acceptors (Lipinski definition) is 10. The molecule has 1 rings (SSSR count). The summed E-state index contributed by atoms with van der Waals surface area (Å²) in [6, 6.07) is -1.19. The lowest BCUT2D eigenvalue weighted by atomic mass is 9.98. The number of ether oxygens (including phenoxy) is 2. The molecule has 9 unspecified atom stereocenters. The SMILES string of the molecule is CCCCCCCCC/C=C\CCCCCCC(O)C(=O)NC(COC1OC(CO)C(O)C(O)C1O)C(O)C(O)CCC/C=C/CC/C=C/CCCCCCCCCCCCC. The van der Waals surface area contributed by atoms with Crippen molar-refractivity contribution in [1.82, 2.24) is 5.32 Å². The molecule has 0 spiro atoms. The molecular formula is C51H95NO10. The van der Waals surface area contributed by atoms with Crippen molar-refractivity contribution in [3.8, 4) is 0 Å². The molecule has 62 heavy (non-hydrogen) atoms. The molecule has 0 aromatic carbocycles. The average Bonchev–Trinajstić information content (AvgIpc) is 3.27. The van der Waals surface area contributed by atoms with E-state index in [1.165, 1.54) is 116 Å². The van der Waals surface area contributed by atoms with Gasteiger partial charge >= 0.3 is 0 Å². The first kappa shape index (κ1) is 58.3. The summed E-state index contributed by atoms with van der Waals surface area (Å²) in [6.45, 7) is 3.42. The fraction of sp³-hybridized carbons (Fsp3) is 0.863. The highest BCUT2D eigenvalue weighted by atomic mass is 16.7. The summed E-state index contributed by atoms with van der Waals surface area (Å²) in [6.07, 6.45) is 36.2. The molecule has 1 fully saturated rings. The lowest BCUT2D eigenvalue weighted by Gasteiger charge is -2.40. The van der Waals surface area contributed by atoms with Gasteiger partial charge in [0.1, 0.15) is 36.6 Å². The molecule has 0 radical (unpaired) electrons. The summed E-state index contributed by atoms with van der Waals surface area (Å²) in [5, 5.41) is 75.8. The Morgan fingerprint density at radius 3 is 1.44 bits per heavy atom. The standard InChI is InChI=1S/C51H95NO10/c1-3-5-7-9-11-13-15-17-19-20-21-22-23-25-26-28-30-32-34-36-38-43(54)46(56)42(41-61-51-49(59)48(58)47(57)45(40-53)62-51)52-50(60)44(55)39-37-35-33-31-29-27-24-18-16-14-12-10-8-6-4-2/h23-25,27,30,32,42-49,51,53-59H,3-22,26,28-29,31,33-41H2,1-2H3,(H,52,60)/b25-23+,27-24-,32-30+. The van der Waals surface area contributed by atoms with E-state index in [-0.39, 0.29) is 12.8 Å². The minimum absolute atomic E-state index is 0.237. The summed E-state index contributed by atoms with van der Waals surface area (Å²) >= 11 is 0. The third kappa shape index (κ3) is 29.7. The first-order chi connectivity index (χ1) is 30.2. The van der Waals surface area contributed by atoms with E-state index >= 15 is 0 Å². The molecule has 1 heterocycles. The quantitative estimate of drug-likeness (QED) is 0.0217. The zero-order valence-corrected chi connectivity index (χ0v) is 39.4. The van der Waals surface area contributed by atoms with Crippen molar-refractivity contribution < 1.29 is 50.0 Å². The zero-order valence-electron chi connectivity index (χ0n) is 39.4. The van der Waals surface area contributed by atoms with Gasteiger partial charge < -0.3 is 50.5 Å². The number of rotatable bonds is 42. The summed E-state index contributed by atoms with van der Waals surface area (Å²) in [4.78, 5) is 13.1. The van der Waals surface area contributed by atoms with Gasteiger partial charge in [0.05, 0.1) is 25.4 Å². The second-order valence-corrected chi connectivity index (χ2v) is 17.9. The first-order valence-corrected chi connectivity index (χ1v) is 25.4. The normalized spacial score (nSPS) is 21.6. The average molecular weight is 882 g/mol. The van der Waals surface area contributed by atoms with Crippen molar-refractivity contribution in [3.05, 3.63) is 36.5 Å². The van der Waals surface area contributed by atoms with Crippen LogP contribution < -0.4 is 5.32 Å². The van der Waals surface area contributed by atoms with E-state index in [9.17, 15) is 40.5 Å². The number of unbranched alkanes of at least 4 members (excludes halogenated alkanes) is 24. The smallest absolute Gasteiger partial charge is 0.249 e. The molecular weight excluding hydrogens is 787 g/mol. The maximum absolute atomic E-state index is 13.1. The number of carbonyl (C=O) groups excluding carboxylic acids is 1. The molecule has 9 atom stereocenters. The van der Waals surface area contributed by atoms with Crippen molar-refractivity contribution in [1.29, 1.82) is 0 Å². The van der Waals surface area contributed by atoms with Crippen molar-refractivity contribution in [2.45, 2.75) is 268 Å². The molecule has 1 amide bonds. The lowest BCUT2D eigenvalue weighted by Crippen LogP contribution is -2.60. The maximum Gasteiger partial charge on any atom is 0.249 e. The molecule has 1 saturated heterocycles. The Kier molecular flexibility index (Phi) is 38.4. The van der Waals surface area contributed by atoms with E-state index in [0.717, 1.165) is 51.4 Å². The highest BCUT2D eigenvalue weighted by molar-refractivity contribution is 5.80. The number of aliphatic hydroxyl groups excluding tert-OH is 7. The Morgan fingerprint density at radius 2 is 0.968 bits per heavy atom. The Balaban J connectivity index is 2.45. The van der Waals surface area contributed by atoms with Gasteiger partial charge in [0, 0.05) is 0 Å². The molecule has 11 heteroatoms. The minimum atomic E-state index is -1.67. The fourth-order valence-electron chi connectivity index (χ4n) is 7.92. The van der Waals surface area contributed by atoms with E-state index in [2.05, 4.69) is 55.6 Å². The number of hydrogen-bond donors (Lipinski definition) is 8. The van der Waals surface area contributed by atoms with Crippen molar-refractivity contribution in [3.63, 3.8) is 0 Å². The van der Waals surface area contributed by atoms with Crippen LogP contribution in [0.2, 0.25) is 0 Å². The molecule has 1 aliphatic heterocycles. The largest absolute Gasteiger partial charge is 0.394 e. The Hall–Kier alpha value is -1.67. The predicted octanol–water partition coefficient (Wildman–Crippen LogP) is 9.17. The number of amides is 1. The van der Waals surface area contributed by atoms with Crippen molar-refractivity contribution in [2.24, 2.45) is 0 Å². The second-order valence-electron chi connectivity index (χ2n) is 17.9. The molecule has 8 N–H and O–H groups in total. The van der Waals surface area contributed by atoms with Gasteiger partial charge in [-0.2, -0.15) is 0 Å². The number of aliphatic hydroxyl groups is 7. The van der Waals surface area contributed by atoms with Crippen LogP contribution >= 0.6 is 0 Å². The van der Waals surface area contributed by atoms with Crippen LogP contribution in [0.1, 0.15) is 213 Å². The molecule has 364 valence electrons. The van der Waals surface area contributed by atoms with Gasteiger partial charge in [-0.1, -0.05) is 172 Å². The van der Waals surface area contributed by atoms with E-state index in [1.807, 2.05) is 0 Å². The zero-order chi connectivity index (χ0) is 45.5. The van der Waals surface area contributed by atoms with Crippen LogP contribution in [0.4, 0.5) is 0 Å². The van der Waals surface area contributed by atoms with E-state index in [1.54, 1.807) is 0 Å². The Morgan fingerprint density at radius 1 is 0.548 bits per heavy atom. The van der Waals surface area contributed by atoms with Gasteiger partial charge in [0.2, 0.25) is 5.91 Å². The Labute approximate surface area is 377 Å². The summed E-state index contributed by atoms with van der Waals surface area (Å²) < 4.78 is 11.1. The maximum atomic E-state index is 13.1. The van der Waals surface area contributed by atoms with E-state index in [4.69, 9.17) is 9.47 Å². The molecule has 0 aromatic heterocycles. The van der Waals surface area contributed by atoms with Crippen molar-refractivity contribution in [2.75, 3.05) is 13.2 Å². The first-order valence-electron chi connectivity index (χ1n) is 25.4. The minimum Gasteiger partial charge on any atom is -0.394 e. The molecule has 0 aliphatic carbocycles. The predicted molar refractivity (Wildman–Crippen MR) is 252 cm³/mol. The van der Waals surface area contributed by atoms with Gasteiger partial charge in [-0.05, 0) is 77.0 Å². The van der Waals surface area contributed by atoms with Crippen LogP contribution in [0.15, 0.2) is 36.5 Å². The topological polar surface area (TPSA) is 189 Å². The molecule has 0 bridgehead atoms. The highest BCUT2D eigenvalue weighted by Gasteiger charge is 2.44. The fourth-order valence-corrected chi connectivity index (χ4v) is 7.92. The number of allylic oxidation sites excluding steroid dienone is 6. The van der Waals surface area contributed by atoms with Gasteiger partial charge in [-0.15, -0.1) is 0 Å². The summed E-state index contributed by atoms with van der Waals surface area (Å²) in [7, 11) is 0. The van der Waals surface area contributed by atoms with Crippen LogP contribution in [0.5, 0.6) is 0 Å². The third-order valence-electron chi connectivity index (χ3n) is 12.1. The van der Waals surface area contributed by atoms with Crippen LogP contribution in [0.25, 0.3) is 0 Å². The van der Waals surface area contributed by atoms with Gasteiger partial charge in [-0.25, -0.2) is 0 Å². The van der Waals surface area contributed by atoms with Gasteiger partial charge in [-0.3, -0.25) is 4.79 Å². The third-order valence-corrected chi connectivity index (χ3v) is 12.1. The van der Waals surface area contributed by atoms with E-state index < -0.39 is 74.2 Å². The summed E-state index contributed by atoms with van der Waals surface area (Å²) in [5.74, 6) is -0.720. The van der Waals surface area contributed by atoms with Crippen LogP contribution in [0.3, 0.4) is 0 Å². The number of carbonyl (C=O) groups is 1. The van der Waals surface area contributed by atoms with Crippen LogP contribution in [0, 0.1) is 0 Å². The van der Waals surface area contributed by atoms with Crippen LogP contribution in [-0.4, -0.2) is 110 Å². The van der Waals surface area contributed by atoms with Gasteiger partial charge in [0.25, 0.3) is 0 Å². The molecule has 0 saturated carbocycles. The van der Waals surface area contributed by atoms with Crippen molar-refractivity contribution >= 4 is 5.91 Å². The van der Waals surface area contributed by atoms with Crippen LogP contribution in [-0.2, 0) is 14.3 Å².